The van der Waals surface area contributed by atoms with Crippen molar-refractivity contribution in [2.75, 3.05) is 0 Å². The first kappa shape index (κ1) is 15.7. The smallest absolute Gasteiger partial charge is 0.270 e. The van der Waals surface area contributed by atoms with Crippen LogP contribution in [0.15, 0.2) is 78.9 Å². The number of hydrogen-bond donors (Lipinski definition) is 0. The van der Waals surface area contributed by atoms with Crippen LogP contribution < -0.4 is 5.19 Å². The predicted molar refractivity (Wildman–Crippen MR) is 97.1 cm³/mol. The molecule has 1 nitrogen and oxygen atoms in total. The van der Waals surface area contributed by atoms with E-state index in [1.54, 1.807) is 0 Å². The summed E-state index contributed by atoms with van der Waals surface area (Å²) in [6, 6.07) is 27.5. The number of rotatable bonds is 5. The van der Waals surface area contributed by atoms with Gasteiger partial charge in [-0.15, -0.1) is 0 Å². The van der Waals surface area contributed by atoms with Crippen LogP contribution in [-0.2, 0) is 4.43 Å². The molecule has 23 heavy (non-hydrogen) atoms. The van der Waals surface area contributed by atoms with Crippen LogP contribution in [0.3, 0.4) is 0 Å². The zero-order valence-electron chi connectivity index (χ0n) is 13.5. The van der Waals surface area contributed by atoms with Gasteiger partial charge in [0.05, 0.1) is 6.10 Å². The van der Waals surface area contributed by atoms with Gasteiger partial charge in [0.1, 0.15) is 0 Å². The highest BCUT2D eigenvalue weighted by molar-refractivity contribution is 6.47. The van der Waals surface area contributed by atoms with Crippen molar-refractivity contribution < 1.29 is 4.43 Å². The fourth-order valence-corrected chi connectivity index (χ4v) is 3.84. The Morgan fingerprint density at radius 3 is 1.65 bits per heavy atom. The molecule has 0 aromatic heterocycles. The second-order valence-corrected chi connectivity index (χ2v) is 6.81. The van der Waals surface area contributed by atoms with Crippen LogP contribution in [0.4, 0.5) is 0 Å². The molecule has 0 fully saturated rings. The summed E-state index contributed by atoms with van der Waals surface area (Å²) in [5, 5.41) is 1.25. The van der Waals surface area contributed by atoms with Crippen molar-refractivity contribution >= 4 is 14.9 Å². The van der Waals surface area contributed by atoms with Gasteiger partial charge in [-0.1, -0.05) is 90.0 Å². The van der Waals surface area contributed by atoms with E-state index in [9.17, 15) is 0 Å². The van der Waals surface area contributed by atoms with Gasteiger partial charge in [0, 0.05) is 0 Å². The fraction of sp³-hybridized carbons (Fsp3) is 0.143. The van der Waals surface area contributed by atoms with E-state index in [4.69, 9.17) is 4.43 Å². The van der Waals surface area contributed by atoms with E-state index in [0.29, 0.717) is 9.76 Å². The Balaban J connectivity index is 1.85. The van der Waals surface area contributed by atoms with Crippen LogP contribution in [0.1, 0.15) is 28.4 Å². The molecule has 0 atom stereocenters. The van der Waals surface area contributed by atoms with E-state index in [-0.39, 0.29) is 6.10 Å². The van der Waals surface area contributed by atoms with Crippen LogP contribution >= 0.6 is 0 Å². The first-order valence-corrected chi connectivity index (χ1v) is 8.73. The van der Waals surface area contributed by atoms with Crippen molar-refractivity contribution in [1.82, 2.24) is 0 Å². The van der Waals surface area contributed by atoms with Crippen LogP contribution in [0.25, 0.3) is 0 Å². The van der Waals surface area contributed by atoms with E-state index in [2.05, 4.69) is 80.6 Å². The summed E-state index contributed by atoms with van der Waals surface area (Å²) in [5.74, 6) is 0. The zero-order valence-corrected chi connectivity index (χ0v) is 14.5. The molecule has 0 unspecified atom stereocenters. The summed E-state index contributed by atoms with van der Waals surface area (Å²) >= 11 is 0. The number of benzene rings is 3. The van der Waals surface area contributed by atoms with E-state index in [0.717, 1.165) is 0 Å². The highest BCUT2D eigenvalue weighted by atomic mass is 28.2. The van der Waals surface area contributed by atoms with Gasteiger partial charge < -0.3 is 4.43 Å². The largest absolute Gasteiger partial charge is 0.400 e. The van der Waals surface area contributed by atoms with Gasteiger partial charge in [-0.25, -0.2) is 0 Å². The lowest BCUT2D eigenvalue weighted by Crippen LogP contribution is -2.21. The van der Waals surface area contributed by atoms with Crippen LogP contribution in [-0.4, -0.2) is 9.76 Å². The zero-order chi connectivity index (χ0) is 16.1. The topological polar surface area (TPSA) is 9.23 Å². The minimum Gasteiger partial charge on any atom is -0.400 e. The van der Waals surface area contributed by atoms with Crippen LogP contribution in [0, 0.1) is 13.8 Å². The van der Waals surface area contributed by atoms with Crippen molar-refractivity contribution in [1.29, 1.82) is 0 Å². The Hall–Kier alpha value is -2.16. The summed E-state index contributed by atoms with van der Waals surface area (Å²) in [5.41, 5.74) is 4.95. The molecule has 0 spiro atoms. The van der Waals surface area contributed by atoms with E-state index in [1.807, 2.05) is 12.1 Å². The molecule has 0 bridgehead atoms. The fourth-order valence-electron chi connectivity index (χ4n) is 2.74. The molecule has 0 aliphatic heterocycles. The molecular weight excluding hydrogens is 296 g/mol. The molecule has 114 valence electrons. The molecule has 0 saturated heterocycles. The molecule has 0 N–H and O–H groups in total. The van der Waals surface area contributed by atoms with Crippen LogP contribution in [0.5, 0.6) is 0 Å². The van der Waals surface area contributed by atoms with Crippen molar-refractivity contribution in [2.24, 2.45) is 0 Å². The summed E-state index contributed by atoms with van der Waals surface area (Å²) < 4.78 is 6.34. The van der Waals surface area contributed by atoms with Crippen molar-refractivity contribution in [3.05, 3.63) is 101 Å². The summed E-state index contributed by atoms with van der Waals surface area (Å²) in [6.45, 7) is 4.26. The van der Waals surface area contributed by atoms with Gasteiger partial charge in [-0.3, -0.25) is 0 Å². The molecule has 0 amide bonds. The average Bonchev–Trinajstić information content (AvgIpc) is 2.56. The third kappa shape index (κ3) is 4.18. The Kier molecular flexibility index (Phi) is 5.06. The Bertz CT molecular complexity index is 694. The molecule has 2 heteroatoms. The average molecular weight is 316 g/mol. The normalized spacial score (nSPS) is 10.9. The van der Waals surface area contributed by atoms with E-state index in [1.165, 1.54) is 27.4 Å². The predicted octanol–water partition coefficient (Wildman–Crippen LogP) is 4.35. The lowest BCUT2D eigenvalue weighted by Gasteiger charge is -2.19. The molecule has 0 aliphatic rings. The second kappa shape index (κ2) is 7.40. The number of hydrogen-bond acceptors (Lipinski definition) is 1. The quantitative estimate of drug-likeness (QED) is 0.636. The van der Waals surface area contributed by atoms with Gasteiger partial charge in [-0.2, -0.15) is 0 Å². The molecule has 0 saturated carbocycles. The van der Waals surface area contributed by atoms with Gasteiger partial charge in [0.15, 0.2) is 0 Å². The summed E-state index contributed by atoms with van der Waals surface area (Å²) in [7, 11) is 0.329. The Labute approximate surface area is 140 Å². The molecule has 3 aromatic carbocycles. The van der Waals surface area contributed by atoms with E-state index >= 15 is 0 Å². The molecule has 3 aromatic rings. The standard InChI is InChI=1S/C21H20OSi/c1-16-13-17(2)15-20(14-16)23-22-21(18-9-5-3-6-10-18)19-11-7-4-8-12-19/h3-15,21H,1-2H3. The van der Waals surface area contributed by atoms with Gasteiger partial charge in [-0.05, 0) is 30.2 Å². The minimum atomic E-state index is -0.0310. The Morgan fingerprint density at radius 1 is 0.696 bits per heavy atom. The Morgan fingerprint density at radius 2 is 1.17 bits per heavy atom. The van der Waals surface area contributed by atoms with Crippen molar-refractivity contribution in [3.63, 3.8) is 0 Å². The highest BCUT2D eigenvalue weighted by Gasteiger charge is 2.15. The SMILES string of the molecule is Cc1cc(C)cc([Si]OC(c2ccccc2)c2ccccc2)c1. The second-order valence-electron chi connectivity index (χ2n) is 5.80. The lowest BCUT2D eigenvalue weighted by atomic mass is 10.0. The maximum atomic E-state index is 6.34. The van der Waals surface area contributed by atoms with Gasteiger partial charge in [0.2, 0.25) is 0 Å². The minimum absolute atomic E-state index is 0.0310. The van der Waals surface area contributed by atoms with Crippen molar-refractivity contribution in [2.45, 2.75) is 20.0 Å². The molecule has 0 aliphatic carbocycles. The summed E-state index contributed by atoms with van der Waals surface area (Å²) in [4.78, 5) is 0. The maximum Gasteiger partial charge on any atom is 0.270 e. The highest BCUT2D eigenvalue weighted by Crippen LogP contribution is 2.25. The van der Waals surface area contributed by atoms with Crippen molar-refractivity contribution in [3.8, 4) is 0 Å². The molecule has 2 radical (unpaired) electrons. The first-order chi connectivity index (χ1) is 11.2. The summed E-state index contributed by atoms with van der Waals surface area (Å²) in [6.07, 6.45) is -0.0310. The third-order valence-electron chi connectivity index (χ3n) is 3.72. The molecule has 0 heterocycles. The van der Waals surface area contributed by atoms with Gasteiger partial charge in [0.25, 0.3) is 9.76 Å². The van der Waals surface area contributed by atoms with Gasteiger partial charge >= 0.3 is 0 Å². The number of aryl methyl sites for hydroxylation is 2. The maximum absolute atomic E-state index is 6.34. The first-order valence-electron chi connectivity index (χ1n) is 7.82. The van der Waals surface area contributed by atoms with E-state index < -0.39 is 0 Å². The lowest BCUT2D eigenvalue weighted by molar-refractivity contribution is 0.266. The molecular formula is C21H20OSi. The molecule has 3 rings (SSSR count). The monoisotopic (exact) mass is 316 g/mol. The third-order valence-corrected chi connectivity index (χ3v) is 4.60. The van der Waals surface area contributed by atoms with Crippen LogP contribution in [0.2, 0.25) is 0 Å².